The Labute approximate surface area is 85.2 Å². The second kappa shape index (κ2) is 3.00. The minimum absolute atomic E-state index is 0.0573. The fourth-order valence-corrected chi connectivity index (χ4v) is 0.877. The highest BCUT2D eigenvalue weighted by molar-refractivity contribution is 14.1. The molecule has 0 bridgehead atoms. The van der Waals surface area contributed by atoms with Gasteiger partial charge in [-0.3, -0.25) is 0 Å². The van der Waals surface area contributed by atoms with E-state index in [2.05, 4.69) is 14.7 Å². The van der Waals surface area contributed by atoms with E-state index in [9.17, 15) is 0 Å². The van der Waals surface area contributed by atoms with Gasteiger partial charge in [0.15, 0.2) is 0 Å². The molecule has 7 heteroatoms. The van der Waals surface area contributed by atoms with Gasteiger partial charge in [-0.1, -0.05) is 40.0 Å². The van der Waals surface area contributed by atoms with E-state index in [0.717, 1.165) is 0 Å². The van der Waals surface area contributed by atoms with E-state index in [0.29, 0.717) is 3.90 Å². The molecule has 1 heterocycles. The lowest BCUT2D eigenvalue weighted by atomic mass is 10.7. The van der Waals surface area contributed by atoms with Crippen LogP contribution in [0.4, 0.5) is 0 Å². The maximum Gasteiger partial charge on any atom is 0.287 e. The number of halogens is 4. The maximum absolute atomic E-state index is 5.41. The third kappa shape index (κ3) is 2.11. The Hall–Kier alpha value is 0.740. The van der Waals surface area contributed by atoms with Crippen molar-refractivity contribution in [2.45, 2.75) is 3.79 Å². The van der Waals surface area contributed by atoms with Crippen molar-refractivity contribution >= 4 is 57.4 Å². The fourth-order valence-electron chi connectivity index (χ4n) is 0.320. The number of aromatic nitrogens is 2. The van der Waals surface area contributed by atoms with Crippen molar-refractivity contribution in [2.24, 2.45) is 0 Å². The summed E-state index contributed by atoms with van der Waals surface area (Å²) in [5, 5.41) is 3.40. The van der Waals surface area contributed by atoms with Crippen molar-refractivity contribution in [3.8, 4) is 0 Å². The molecule has 0 N–H and O–H groups in total. The van der Waals surface area contributed by atoms with E-state index in [1.54, 1.807) is 0 Å². The predicted octanol–water partition coefficient (Wildman–Crippen LogP) is 2.50. The summed E-state index contributed by atoms with van der Waals surface area (Å²) in [6.07, 6.45) is 0. The molecule has 0 atom stereocenters. The topological polar surface area (TPSA) is 38.9 Å². The van der Waals surface area contributed by atoms with Gasteiger partial charge in [0.2, 0.25) is 5.82 Å². The van der Waals surface area contributed by atoms with Crippen LogP contribution in [-0.2, 0) is 3.79 Å². The lowest BCUT2D eigenvalue weighted by Crippen LogP contribution is -2.02. The summed E-state index contributed by atoms with van der Waals surface area (Å²) in [7, 11) is 0. The van der Waals surface area contributed by atoms with Crippen LogP contribution in [0.3, 0.4) is 0 Å². The number of alkyl halides is 3. The average molecular weight is 313 g/mol. The molecule has 0 aliphatic carbocycles. The first-order valence-electron chi connectivity index (χ1n) is 2.06. The van der Waals surface area contributed by atoms with Gasteiger partial charge in [0.1, 0.15) is 0 Å². The van der Waals surface area contributed by atoms with Gasteiger partial charge in [-0.05, 0) is 0 Å². The molecule has 0 amide bonds. The first-order chi connectivity index (χ1) is 4.50. The summed E-state index contributed by atoms with van der Waals surface area (Å²) >= 11 is 18.1. The monoisotopic (exact) mass is 312 g/mol. The van der Waals surface area contributed by atoms with Crippen LogP contribution in [0.1, 0.15) is 5.82 Å². The van der Waals surface area contributed by atoms with Crippen LogP contribution in [0.15, 0.2) is 4.52 Å². The summed E-state index contributed by atoms with van der Waals surface area (Å²) in [5.41, 5.74) is 0. The molecule has 1 aromatic rings. The van der Waals surface area contributed by atoms with Gasteiger partial charge in [-0.25, -0.2) is 0 Å². The molecular formula is C3Cl3IN2O. The van der Waals surface area contributed by atoms with Crippen molar-refractivity contribution in [1.82, 2.24) is 10.1 Å². The zero-order valence-corrected chi connectivity index (χ0v) is 8.74. The van der Waals surface area contributed by atoms with Crippen molar-refractivity contribution in [3.05, 3.63) is 9.72 Å². The zero-order valence-electron chi connectivity index (χ0n) is 4.31. The minimum atomic E-state index is -1.59. The molecule has 56 valence electrons. The molecular weight excluding hydrogens is 313 g/mol. The summed E-state index contributed by atoms with van der Waals surface area (Å²) in [6.45, 7) is 0. The molecule has 1 rings (SSSR count). The molecule has 0 unspecified atom stereocenters. The lowest BCUT2D eigenvalue weighted by molar-refractivity contribution is 0.388. The van der Waals surface area contributed by atoms with Gasteiger partial charge in [-0.2, -0.15) is 4.98 Å². The molecule has 0 aromatic carbocycles. The number of rotatable bonds is 0. The molecule has 10 heavy (non-hydrogen) atoms. The fraction of sp³-hybridized carbons (Fsp3) is 0.333. The summed E-state index contributed by atoms with van der Waals surface area (Å²) in [4.78, 5) is 3.70. The van der Waals surface area contributed by atoms with Gasteiger partial charge >= 0.3 is 0 Å². The van der Waals surface area contributed by atoms with E-state index in [1.165, 1.54) is 0 Å². The van der Waals surface area contributed by atoms with Gasteiger partial charge in [0.25, 0.3) is 7.69 Å². The van der Waals surface area contributed by atoms with Crippen molar-refractivity contribution in [3.63, 3.8) is 0 Å². The first kappa shape index (κ1) is 8.83. The van der Waals surface area contributed by atoms with E-state index in [1.807, 2.05) is 22.6 Å². The molecule has 0 aliphatic rings. The maximum atomic E-state index is 5.41. The number of nitrogens with zero attached hydrogens (tertiary/aromatic N) is 2. The average Bonchev–Trinajstić information content (AvgIpc) is 2.11. The highest BCUT2D eigenvalue weighted by Gasteiger charge is 2.28. The van der Waals surface area contributed by atoms with Crippen molar-refractivity contribution in [2.75, 3.05) is 0 Å². The van der Waals surface area contributed by atoms with Crippen LogP contribution < -0.4 is 0 Å². The quantitative estimate of drug-likeness (QED) is 0.546. The Bertz CT molecular complexity index is 232. The summed E-state index contributed by atoms with van der Waals surface area (Å²) < 4.78 is 3.32. The molecule has 0 aliphatic heterocycles. The SMILES string of the molecule is ClC(Cl)(Cl)c1noc(I)n1. The zero-order chi connectivity index (χ0) is 7.78. The Morgan fingerprint density at radius 2 is 2.00 bits per heavy atom. The smallest absolute Gasteiger partial charge is 0.287 e. The number of hydrogen-bond acceptors (Lipinski definition) is 3. The largest absolute Gasteiger partial charge is 0.328 e. The summed E-state index contributed by atoms with van der Waals surface area (Å²) in [5.74, 6) is 0.0573. The van der Waals surface area contributed by atoms with Crippen LogP contribution >= 0.6 is 57.4 Å². The molecule has 0 saturated heterocycles. The first-order valence-corrected chi connectivity index (χ1v) is 4.28. The van der Waals surface area contributed by atoms with Crippen molar-refractivity contribution < 1.29 is 4.52 Å². The second-order valence-corrected chi connectivity index (χ2v) is 4.57. The van der Waals surface area contributed by atoms with Crippen LogP contribution in [0, 0.1) is 3.90 Å². The Morgan fingerprint density at radius 3 is 2.20 bits per heavy atom. The highest BCUT2D eigenvalue weighted by Crippen LogP contribution is 2.35. The van der Waals surface area contributed by atoms with Crippen LogP contribution in [0.5, 0.6) is 0 Å². The molecule has 0 spiro atoms. The second-order valence-electron chi connectivity index (χ2n) is 1.37. The predicted molar refractivity (Wildman–Crippen MR) is 46.3 cm³/mol. The summed E-state index contributed by atoms with van der Waals surface area (Å²) in [6, 6.07) is 0. The van der Waals surface area contributed by atoms with Crippen LogP contribution in [0.25, 0.3) is 0 Å². The molecule has 3 nitrogen and oxygen atoms in total. The van der Waals surface area contributed by atoms with E-state index in [4.69, 9.17) is 34.8 Å². The standard InChI is InChI=1S/C3Cl3IN2O/c4-3(5,6)1-8-2(7)10-9-1. The third-order valence-corrected chi connectivity index (χ3v) is 1.60. The Morgan fingerprint density at radius 1 is 1.40 bits per heavy atom. The third-order valence-electron chi connectivity index (χ3n) is 0.655. The van der Waals surface area contributed by atoms with Crippen molar-refractivity contribution in [1.29, 1.82) is 0 Å². The van der Waals surface area contributed by atoms with Gasteiger partial charge in [0, 0.05) is 22.6 Å². The minimum Gasteiger partial charge on any atom is -0.328 e. The lowest BCUT2D eigenvalue weighted by Gasteiger charge is -2.01. The van der Waals surface area contributed by atoms with Crippen LogP contribution in [-0.4, -0.2) is 10.1 Å². The molecule has 0 saturated carbocycles. The number of hydrogen-bond donors (Lipinski definition) is 0. The van der Waals surface area contributed by atoms with Gasteiger partial charge in [0.05, 0.1) is 0 Å². The van der Waals surface area contributed by atoms with Crippen LogP contribution in [0.2, 0.25) is 0 Å². The van der Waals surface area contributed by atoms with E-state index >= 15 is 0 Å². The Balaban J connectivity index is 2.96. The van der Waals surface area contributed by atoms with Gasteiger partial charge in [-0.15, -0.1) is 0 Å². The van der Waals surface area contributed by atoms with Gasteiger partial charge < -0.3 is 4.52 Å². The Kier molecular flexibility index (Phi) is 2.65. The highest BCUT2D eigenvalue weighted by atomic mass is 127. The molecule has 0 radical (unpaired) electrons. The normalized spacial score (nSPS) is 12.0. The van der Waals surface area contributed by atoms with E-state index < -0.39 is 3.79 Å². The van der Waals surface area contributed by atoms with E-state index in [-0.39, 0.29) is 5.82 Å². The molecule has 0 fully saturated rings. The molecule has 1 aromatic heterocycles.